The zero-order valence-corrected chi connectivity index (χ0v) is 20.2. The molecule has 0 aliphatic carbocycles. The first-order chi connectivity index (χ1) is 14.8. The van der Waals surface area contributed by atoms with E-state index < -0.39 is 5.97 Å². The second-order valence-electron chi connectivity index (χ2n) is 8.91. The fourth-order valence-corrected chi connectivity index (χ4v) is 3.86. The van der Waals surface area contributed by atoms with Crippen LogP contribution in [0.25, 0.3) is 0 Å². The van der Waals surface area contributed by atoms with Crippen LogP contribution in [0.1, 0.15) is 148 Å². The summed E-state index contributed by atoms with van der Waals surface area (Å²) in [6, 6.07) is 0. The van der Waals surface area contributed by atoms with E-state index in [1.54, 1.807) is 0 Å². The van der Waals surface area contributed by atoms with Crippen LogP contribution >= 0.6 is 0 Å². The molecule has 0 heterocycles. The lowest BCUT2D eigenvalue weighted by atomic mass is 10.0. The van der Waals surface area contributed by atoms with E-state index in [0.717, 1.165) is 25.7 Å². The molecule has 0 amide bonds. The lowest BCUT2D eigenvalue weighted by Crippen LogP contribution is -1.93. The van der Waals surface area contributed by atoms with E-state index in [9.17, 15) is 4.79 Å². The Hall–Kier alpha value is -1.05. The van der Waals surface area contributed by atoms with Crippen molar-refractivity contribution in [3.05, 3.63) is 24.3 Å². The maximum Gasteiger partial charge on any atom is 0.303 e. The smallest absolute Gasteiger partial charge is 0.303 e. The van der Waals surface area contributed by atoms with E-state index in [1.807, 2.05) is 0 Å². The third kappa shape index (κ3) is 27.0. The molecule has 0 unspecified atom stereocenters. The van der Waals surface area contributed by atoms with Gasteiger partial charge in [0.1, 0.15) is 0 Å². The Balaban J connectivity index is 3.16. The summed E-state index contributed by atoms with van der Waals surface area (Å²) >= 11 is 0. The van der Waals surface area contributed by atoms with Crippen LogP contribution in [0.3, 0.4) is 0 Å². The molecule has 0 atom stereocenters. The van der Waals surface area contributed by atoms with Crippen molar-refractivity contribution in [3.63, 3.8) is 0 Å². The molecule has 0 aromatic heterocycles. The fourth-order valence-electron chi connectivity index (χ4n) is 3.86. The first kappa shape index (κ1) is 28.9. The highest BCUT2D eigenvalue weighted by atomic mass is 16.4. The first-order valence-corrected chi connectivity index (χ1v) is 13.3. The molecular formula is C28H52O2. The Morgan fingerprint density at radius 1 is 0.533 bits per heavy atom. The minimum Gasteiger partial charge on any atom is -0.481 e. The summed E-state index contributed by atoms with van der Waals surface area (Å²) in [6.45, 7) is 2.29. The normalized spacial score (nSPS) is 11.8. The summed E-state index contributed by atoms with van der Waals surface area (Å²) in [5, 5.41) is 8.58. The predicted octanol–water partition coefficient (Wildman–Crippen LogP) is 9.79. The van der Waals surface area contributed by atoms with Gasteiger partial charge in [-0.15, -0.1) is 0 Å². The number of allylic oxidation sites excluding steroid dienone is 4. The largest absolute Gasteiger partial charge is 0.481 e. The van der Waals surface area contributed by atoms with Gasteiger partial charge < -0.3 is 5.11 Å². The van der Waals surface area contributed by atoms with Crippen molar-refractivity contribution in [2.75, 3.05) is 0 Å². The molecule has 0 saturated heterocycles. The molecule has 0 aromatic rings. The van der Waals surface area contributed by atoms with Gasteiger partial charge in [0, 0.05) is 6.42 Å². The number of aliphatic carboxylic acids is 1. The third-order valence-corrected chi connectivity index (χ3v) is 5.84. The van der Waals surface area contributed by atoms with Crippen molar-refractivity contribution in [2.45, 2.75) is 148 Å². The van der Waals surface area contributed by atoms with Crippen molar-refractivity contribution < 1.29 is 9.90 Å². The minimum atomic E-state index is -0.667. The van der Waals surface area contributed by atoms with Crippen LogP contribution in [0.2, 0.25) is 0 Å². The van der Waals surface area contributed by atoms with Crippen molar-refractivity contribution >= 4 is 5.97 Å². The number of rotatable bonds is 24. The fraction of sp³-hybridized carbons (Fsp3) is 0.821. The van der Waals surface area contributed by atoms with Gasteiger partial charge in [0.15, 0.2) is 0 Å². The number of carboxylic acids is 1. The highest BCUT2D eigenvalue weighted by Crippen LogP contribution is 2.13. The van der Waals surface area contributed by atoms with Crippen LogP contribution in [0.5, 0.6) is 0 Å². The maximum atomic E-state index is 10.4. The molecule has 0 aliphatic heterocycles. The van der Waals surface area contributed by atoms with Crippen LogP contribution < -0.4 is 0 Å². The second kappa shape index (κ2) is 26.0. The highest BCUT2D eigenvalue weighted by Gasteiger charge is 1.96. The van der Waals surface area contributed by atoms with E-state index in [1.165, 1.54) is 109 Å². The number of carbonyl (C=O) groups is 1. The SMILES string of the molecule is CCCCCCCCCCCCCCCC=CCC=CCCCCCCCC(=O)O. The molecule has 0 saturated carbocycles. The third-order valence-electron chi connectivity index (χ3n) is 5.84. The van der Waals surface area contributed by atoms with Crippen LogP contribution in [-0.2, 0) is 4.79 Å². The number of unbranched alkanes of at least 4 members (excludes halogenated alkanes) is 18. The van der Waals surface area contributed by atoms with Crippen LogP contribution in [0.4, 0.5) is 0 Å². The van der Waals surface area contributed by atoms with Crippen LogP contribution in [0.15, 0.2) is 24.3 Å². The van der Waals surface area contributed by atoms with Gasteiger partial charge >= 0.3 is 5.97 Å². The topological polar surface area (TPSA) is 37.3 Å². The van der Waals surface area contributed by atoms with E-state index in [-0.39, 0.29) is 0 Å². The predicted molar refractivity (Wildman–Crippen MR) is 133 cm³/mol. The molecule has 2 heteroatoms. The maximum absolute atomic E-state index is 10.4. The second-order valence-corrected chi connectivity index (χ2v) is 8.91. The lowest BCUT2D eigenvalue weighted by molar-refractivity contribution is -0.137. The molecule has 0 rings (SSSR count). The summed E-state index contributed by atoms with van der Waals surface area (Å²) in [4.78, 5) is 10.4. The minimum absolute atomic E-state index is 0.325. The Labute approximate surface area is 188 Å². The van der Waals surface area contributed by atoms with Gasteiger partial charge in [-0.3, -0.25) is 4.79 Å². The highest BCUT2D eigenvalue weighted by molar-refractivity contribution is 5.66. The standard InChI is InChI=1S/C28H52O2/c1-2-3-4-5-6-7-8-9-10-11-12-13-14-15-16-17-18-19-20-21-22-23-24-25-26-27-28(29)30/h16-17,19-20H,2-15,18,21-27H2,1H3,(H,29,30). The molecule has 0 aromatic carbocycles. The monoisotopic (exact) mass is 420 g/mol. The summed E-state index contributed by atoms with van der Waals surface area (Å²) in [5.74, 6) is -0.667. The molecule has 0 fully saturated rings. The van der Waals surface area contributed by atoms with Gasteiger partial charge in [0.2, 0.25) is 0 Å². The molecule has 0 bridgehead atoms. The van der Waals surface area contributed by atoms with Gasteiger partial charge in [0.05, 0.1) is 0 Å². The van der Waals surface area contributed by atoms with Crippen LogP contribution in [-0.4, -0.2) is 11.1 Å². The average Bonchev–Trinajstić information content (AvgIpc) is 2.73. The van der Waals surface area contributed by atoms with Gasteiger partial charge in [0.25, 0.3) is 0 Å². The van der Waals surface area contributed by atoms with E-state index in [2.05, 4.69) is 31.2 Å². The number of hydrogen-bond donors (Lipinski definition) is 1. The Morgan fingerprint density at radius 3 is 1.30 bits per heavy atom. The van der Waals surface area contributed by atoms with E-state index in [4.69, 9.17) is 5.11 Å². The van der Waals surface area contributed by atoms with Crippen molar-refractivity contribution in [1.82, 2.24) is 0 Å². The molecule has 1 N–H and O–H groups in total. The molecule has 0 aliphatic rings. The Kier molecular flexibility index (Phi) is 25.1. The molecule has 30 heavy (non-hydrogen) atoms. The van der Waals surface area contributed by atoms with E-state index >= 15 is 0 Å². The van der Waals surface area contributed by atoms with Crippen LogP contribution in [0, 0.1) is 0 Å². The Morgan fingerprint density at radius 2 is 0.900 bits per heavy atom. The van der Waals surface area contributed by atoms with Gasteiger partial charge in [-0.1, -0.05) is 128 Å². The lowest BCUT2D eigenvalue weighted by Gasteiger charge is -2.02. The molecule has 0 spiro atoms. The van der Waals surface area contributed by atoms with Gasteiger partial charge in [-0.05, 0) is 38.5 Å². The molecule has 176 valence electrons. The van der Waals surface area contributed by atoms with Crippen molar-refractivity contribution in [1.29, 1.82) is 0 Å². The number of carboxylic acid groups (broad SMARTS) is 1. The van der Waals surface area contributed by atoms with Crippen molar-refractivity contribution in [3.8, 4) is 0 Å². The van der Waals surface area contributed by atoms with E-state index in [0.29, 0.717) is 6.42 Å². The summed E-state index contributed by atoms with van der Waals surface area (Å²) in [6.07, 6.45) is 37.0. The molecular weight excluding hydrogens is 368 g/mol. The summed E-state index contributed by atoms with van der Waals surface area (Å²) < 4.78 is 0. The molecule has 0 radical (unpaired) electrons. The zero-order valence-electron chi connectivity index (χ0n) is 20.2. The van der Waals surface area contributed by atoms with Gasteiger partial charge in [-0.25, -0.2) is 0 Å². The molecule has 2 nitrogen and oxygen atoms in total. The Bertz CT molecular complexity index is 397. The summed E-state index contributed by atoms with van der Waals surface area (Å²) in [7, 11) is 0. The number of hydrogen-bond acceptors (Lipinski definition) is 1. The average molecular weight is 421 g/mol. The summed E-state index contributed by atoms with van der Waals surface area (Å²) in [5.41, 5.74) is 0. The zero-order chi connectivity index (χ0) is 22.0. The van der Waals surface area contributed by atoms with Gasteiger partial charge in [-0.2, -0.15) is 0 Å². The first-order valence-electron chi connectivity index (χ1n) is 13.3. The quantitative estimate of drug-likeness (QED) is 0.125. The van der Waals surface area contributed by atoms with Crippen molar-refractivity contribution in [2.24, 2.45) is 0 Å².